The monoisotopic (exact) mass is 97.1 g/mol. The highest BCUT2D eigenvalue weighted by molar-refractivity contribution is 6.54. The number of rotatable bonds is 0. The van der Waals surface area contributed by atoms with Crippen molar-refractivity contribution < 1.29 is 0 Å². The van der Waals surface area contributed by atoms with Gasteiger partial charge >= 0.3 is 0 Å². The number of hydrogen-bond donors (Lipinski definition) is 1. The molecule has 1 saturated heterocycles. The Bertz CT molecular complexity index is 50.0. The van der Waals surface area contributed by atoms with E-state index in [0.29, 0.717) is 0 Å². The van der Waals surface area contributed by atoms with Gasteiger partial charge in [-0.25, -0.2) is 0 Å². The Kier molecular flexibility index (Phi) is 1.74. The molecule has 1 nitrogen and oxygen atoms in total. The third-order valence-corrected chi connectivity index (χ3v) is 1.56. The van der Waals surface area contributed by atoms with Gasteiger partial charge in [-0.3, -0.25) is 0 Å². The van der Waals surface area contributed by atoms with Crippen LogP contribution in [0.15, 0.2) is 0 Å². The van der Waals surface area contributed by atoms with Crippen LogP contribution in [-0.4, -0.2) is 13.4 Å². The van der Waals surface area contributed by atoms with Gasteiger partial charge in [0.15, 0.2) is 0 Å². The lowest BCUT2D eigenvalue weighted by Gasteiger charge is -2.15. The van der Waals surface area contributed by atoms with E-state index in [1.54, 1.807) is 0 Å². The van der Waals surface area contributed by atoms with Crippen LogP contribution < -0.4 is 5.23 Å². The van der Waals surface area contributed by atoms with Crippen molar-refractivity contribution in [2.45, 2.75) is 26.0 Å². The molecule has 0 aliphatic carbocycles. The van der Waals surface area contributed by atoms with Gasteiger partial charge in [0.2, 0.25) is 6.85 Å². The van der Waals surface area contributed by atoms with Gasteiger partial charge in [-0.15, -0.1) is 0 Å². The van der Waals surface area contributed by atoms with Crippen molar-refractivity contribution in [1.82, 2.24) is 5.23 Å². The molecule has 0 radical (unpaired) electrons. The van der Waals surface area contributed by atoms with Crippen LogP contribution >= 0.6 is 0 Å². The first-order valence-electron chi connectivity index (χ1n) is 3.13. The first-order valence-corrected chi connectivity index (χ1v) is 3.13. The van der Waals surface area contributed by atoms with Gasteiger partial charge < -0.3 is 5.23 Å². The molecule has 0 aromatic rings. The van der Waals surface area contributed by atoms with Crippen LogP contribution in [0.25, 0.3) is 0 Å². The second-order valence-electron chi connectivity index (χ2n) is 2.35. The minimum Gasteiger partial charge on any atom is -0.356 e. The van der Waals surface area contributed by atoms with E-state index in [2.05, 4.69) is 12.1 Å². The fourth-order valence-corrected chi connectivity index (χ4v) is 1.03. The number of nitrogens with one attached hydrogen (secondary N) is 1. The third kappa shape index (κ3) is 1.52. The van der Waals surface area contributed by atoms with Gasteiger partial charge in [-0.1, -0.05) is 19.6 Å². The topological polar surface area (TPSA) is 12.0 Å². The maximum Gasteiger partial charge on any atom is 0.217 e. The first-order chi connectivity index (χ1) is 3.39. The lowest BCUT2D eigenvalue weighted by Crippen LogP contribution is -2.34. The summed E-state index contributed by atoms with van der Waals surface area (Å²) in [5.74, 6) is 0. The van der Waals surface area contributed by atoms with Gasteiger partial charge in [0, 0.05) is 0 Å². The van der Waals surface area contributed by atoms with Crippen LogP contribution in [-0.2, 0) is 0 Å². The smallest absolute Gasteiger partial charge is 0.217 e. The predicted octanol–water partition coefficient (Wildman–Crippen LogP) is 0.991. The van der Waals surface area contributed by atoms with Crippen molar-refractivity contribution in [2.24, 2.45) is 0 Å². The standard InChI is InChI=1S/C5H12BN/c1-6-4-2-3-5-7-6/h7H,2-5H2,1H3. The zero-order valence-corrected chi connectivity index (χ0v) is 4.91. The molecule has 7 heavy (non-hydrogen) atoms. The van der Waals surface area contributed by atoms with Gasteiger partial charge in [-0.05, 0) is 13.0 Å². The second-order valence-corrected chi connectivity index (χ2v) is 2.35. The Morgan fingerprint density at radius 1 is 1.43 bits per heavy atom. The molecule has 0 aromatic carbocycles. The average molecular weight is 97.0 g/mol. The summed E-state index contributed by atoms with van der Waals surface area (Å²) in [5.41, 5.74) is 0. The maximum absolute atomic E-state index is 3.38. The zero-order chi connectivity index (χ0) is 5.11. The minimum absolute atomic E-state index is 0.786. The third-order valence-electron chi connectivity index (χ3n) is 1.56. The number of hydrogen-bond acceptors (Lipinski definition) is 1. The van der Waals surface area contributed by atoms with Gasteiger partial charge in [0.1, 0.15) is 0 Å². The van der Waals surface area contributed by atoms with Gasteiger partial charge in [-0.2, -0.15) is 0 Å². The summed E-state index contributed by atoms with van der Waals surface area (Å²) in [6.07, 6.45) is 4.18. The van der Waals surface area contributed by atoms with E-state index in [9.17, 15) is 0 Å². The lowest BCUT2D eigenvalue weighted by molar-refractivity contribution is 0.710. The summed E-state index contributed by atoms with van der Waals surface area (Å²) in [6.45, 7) is 4.27. The van der Waals surface area contributed by atoms with Crippen LogP contribution in [0.2, 0.25) is 13.1 Å². The van der Waals surface area contributed by atoms with E-state index in [4.69, 9.17) is 0 Å². The second kappa shape index (κ2) is 2.36. The Labute approximate surface area is 45.6 Å². The SMILES string of the molecule is CB1CCCCN1. The van der Waals surface area contributed by atoms with Crippen molar-refractivity contribution in [1.29, 1.82) is 0 Å². The highest BCUT2D eigenvalue weighted by Crippen LogP contribution is 2.03. The van der Waals surface area contributed by atoms with Crippen molar-refractivity contribution in [3.05, 3.63) is 0 Å². The van der Waals surface area contributed by atoms with Gasteiger partial charge in [0.05, 0.1) is 0 Å². The summed E-state index contributed by atoms with van der Waals surface area (Å²) >= 11 is 0. The molecule has 1 aliphatic rings. The molecule has 0 aromatic heterocycles. The molecule has 0 saturated carbocycles. The normalized spacial score (nSPS) is 22.7. The molecular formula is C5H12BN. The average Bonchev–Trinajstić information content (AvgIpc) is 1.69. The Morgan fingerprint density at radius 3 is 2.57 bits per heavy atom. The van der Waals surface area contributed by atoms with Crippen LogP contribution in [0.1, 0.15) is 12.8 Å². The van der Waals surface area contributed by atoms with Crippen LogP contribution in [0.5, 0.6) is 0 Å². The summed E-state index contributed by atoms with van der Waals surface area (Å²) in [6, 6.07) is 0. The Morgan fingerprint density at radius 2 is 2.29 bits per heavy atom. The van der Waals surface area contributed by atoms with Crippen LogP contribution in [0, 0.1) is 0 Å². The van der Waals surface area contributed by atoms with E-state index in [-0.39, 0.29) is 0 Å². The van der Waals surface area contributed by atoms with Crippen molar-refractivity contribution in [2.75, 3.05) is 6.54 Å². The molecule has 40 valence electrons. The van der Waals surface area contributed by atoms with E-state index in [0.717, 1.165) is 6.85 Å². The minimum atomic E-state index is 0.786. The van der Waals surface area contributed by atoms with E-state index in [1.165, 1.54) is 25.7 Å². The Hall–Kier alpha value is 0.0249. The first kappa shape index (κ1) is 5.17. The van der Waals surface area contributed by atoms with Crippen LogP contribution in [0.4, 0.5) is 0 Å². The molecule has 1 heterocycles. The van der Waals surface area contributed by atoms with E-state index in [1.807, 2.05) is 0 Å². The van der Waals surface area contributed by atoms with Crippen molar-refractivity contribution in [3.8, 4) is 0 Å². The quantitative estimate of drug-likeness (QED) is 0.444. The maximum atomic E-state index is 3.38. The van der Waals surface area contributed by atoms with E-state index >= 15 is 0 Å². The van der Waals surface area contributed by atoms with Gasteiger partial charge in [0.25, 0.3) is 0 Å². The molecule has 2 heteroatoms. The zero-order valence-electron chi connectivity index (χ0n) is 4.91. The molecule has 0 amide bonds. The Balaban J connectivity index is 2.12. The van der Waals surface area contributed by atoms with E-state index < -0.39 is 0 Å². The molecule has 1 aliphatic heterocycles. The lowest BCUT2D eigenvalue weighted by atomic mass is 9.59. The highest BCUT2D eigenvalue weighted by Gasteiger charge is 2.09. The highest BCUT2D eigenvalue weighted by atomic mass is 14.8. The fraction of sp³-hybridized carbons (Fsp3) is 1.00. The molecule has 1 rings (SSSR count). The van der Waals surface area contributed by atoms with Crippen LogP contribution in [0.3, 0.4) is 0 Å². The molecule has 0 bridgehead atoms. The summed E-state index contributed by atoms with van der Waals surface area (Å²) < 4.78 is 0. The largest absolute Gasteiger partial charge is 0.356 e. The summed E-state index contributed by atoms with van der Waals surface area (Å²) in [4.78, 5) is 0. The van der Waals surface area contributed by atoms with Crippen molar-refractivity contribution in [3.63, 3.8) is 0 Å². The summed E-state index contributed by atoms with van der Waals surface area (Å²) in [7, 11) is 0. The molecule has 1 fully saturated rings. The predicted molar refractivity (Wildman–Crippen MR) is 33.7 cm³/mol. The fourth-order valence-electron chi connectivity index (χ4n) is 1.03. The molecular weight excluding hydrogens is 84.9 g/mol. The molecule has 0 atom stereocenters. The summed E-state index contributed by atoms with van der Waals surface area (Å²) in [5, 5.41) is 3.38. The molecule has 0 unspecified atom stereocenters. The molecule has 1 N–H and O–H groups in total. The molecule has 0 spiro atoms. The van der Waals surface area contributed by atoms with Crippen molar-refractivity contribution >= 4 is 6.85 Å².